The molecule has 0 aliphatic rings. The largest absolute Gasteiger partial charge is 0.462 e. The van der Waals surface area contributed by atoms with Crippen LogP contribution in [-0.2, 0) is 28.6 Å². The van der Waals surface area contributed by atoms with Gasteiger partial charge < -0.3 is 14.2 Å². The van der Waals surface area contributed by atoms with Gasteiger partial charge in [-0.2, -0.15) is 0 Å². The Morgan fingerprint density at radius 3 is 0.813 bits per heavy atom. The third kappa shape index (κ3) is 60.8. The number of rotatable bonds is 56. The number of hydrogen-bond donors (Lipinski definition) is 0. The summed E-state index contributed by atoms with van der Waals surface area (Å²) >= 11 is 0. The zero-order chi connectivity index (χ0) is 54.3. The number of hydrogen-bond acceptors (Lipinski definition) is 6. The maximum absolute atomic E-state index is 12.9. The molecule has 0 spiro atoms. The molecule has 75 heavy (non-hydrogen) atoms. The fourth-order valence-electron chi connectivity index (χ4n) is 8.64. The average molecular weight is 1040 g/mol. The predicted molar refractivity (Wildman–Crippen MR) is 325 cm³/mol. The van der Waals surface area contributed by atoms with Gasteiger partial charge in [0.15, 0.2) is 6.10 Å². The second kappa shape index (κ2) is 62.6. The van der Waals surface area contributed by atoms with E-state index in [-0.39, 0.29) is 31.1 Å². The smallest absolute Gasteiger partial charge is 0.306 e. The highest BCUT2D eigenvalue weighted by molar-refractivity contribution is 5.71. The summed E-state index contributed by atoms with van der Waals surface area (Å²) in [6, 6.07) is 0. The van der Waals surface area contributed by atoms with E-state index >= 15 is 0 Å². The summed E-state index contributed by atoms with van der Waals surface area (Å²) in [7, 11) is 0. The van der Waals surface area contributed by atoms with Crippen LogP contribution in [0.2, 0.25) is 0 Å². The van der Waals surface area contributed by atoms with Gasteiger partial charge in [0.25, 0.3) is 0 Å². The molecule has 0 radical (unpaired) electrons. The Kier molecular flexibility index (Phi) is 59.3. The van der Waals surface area contributed by atoms with Crippen molar-refractivity contribution in [3.8, 4) is 0 Å². The quantitative estimate of drug-likeness (QED) is 0.0261. The summed E-state index contributed by atoms with van der Waals surface area (Å²) in [6.45, 7) is 6.40. The lowest BCUT2D eigenvalue weighted by Crippen LogP contribution is -2.30. The maximum Gasteiger partial charge on any atom is 0.306 e. The van der Waals surface area contributed by atoms with Crippen molar-refractivity contribution in [1.29, 1.82) is 0 Å². The summed E-state index contributed by atoms with van der Waals surface area (Å²) in [5.74, 6) is -0.890. The predicted octanol–water partition coefficient (Wildman–Crippen LogP) is 21.4. The second-order valence-electron chi connectivity index (χ2n) is 20.6. The van der Waals surface area contributed by atoms with Gasteiger partial charge in [0.1, 0.15) is 13.2 Å². The third-order valence-corrected chi connectivity index (χ3v) is 13.3. The van der Waals surface area contributed by atoms with Crippen LogP contribution in [0.25, 0.3) is 0 Å². The highest BCUT2D eigenvalue weighted by Crippen LogP contribution is 2.16. The van der Waals surface area contributed by atoms with Crippen LogP contribution in [0.5, 0.6) is 0 Å². The number of allylic oxidation sites excluding steroid dienone is 18. The first-order valence-electron chi connectivity index (χ1n) is 31.4. The molecule has 0 aromatic rings. The Morgan fingerprint density at radius 2 is 0.520 bits per heavy atom. The Balaban J connectivity index is 4.17. The topological polar surface area (TPSA) is 78.9 Å². The molecular weight excluding hydrogens is 925 g/mol. The van der Waals surface area contributed by atoms with Crippen molar-refractivity contribution in [2.45, 2.75) is 297 Å². The van der Waals surface area contributed by atoms with E-state index in [1.807, 2.05) is 0 Å². The van der Waals surface area contributed by atoms with Crippen LogP contribution in [0.3, 0.4) is 0 Å². The van der Waals surface area contributed by atoms with E-state index < -0.39 is 6.10 Å². The molecule has 0 saturated heterocycles. The van der Waals surface area contributed by atoms with Crippen LogP contribution >= 0.6 is 0 Å². The molecule has 0 aliphatic carbocycles. The number of ether oxygens (including phenoxy) is 3. The maximum atomic E-state index is 12.9. The van der Waals surface area contributed by atoms with E-state index in [1.54, 1.807) is 0 Å². The fraction of sp³-hybridized carbons (Fsp3) is 0.696. The standard InChI is InChI=1S/C69H116O6/c1-4-7-10-13-16-19-21-23-25-27-28-29-30-31-32-33-34-35-36-37-38-39-40-42-43-45-47-50-53-56-59-62-68(71)74-65-66(64-73-67(70)61-58-55-52-49-18-15-12-9-6-3)75-69(72)63-60-57-54-51-48-46-44-41-26-24-22-20-17-14-11-8-5-2/h7-8,10-11,16-17,19-20,23-26,28-29,31-32,34-35,66H,4-6,9,12-15,18,21-22,27,30,33,36-65H2,1-3H3/b10-7-,11-8-,19-16-,20-17-,25-23-,26-24-,29-28-,32-31-,35-34-. The summed E-state index contributed by atoms with van der Waals surface area (Å²) in [6.07, 6.45) is 85.3. The monoisotopic (exact) mass is 1040 g/mol. The van der Waals surface area contributed by atoms with Crippen LogP contribution in [0.15, 0.2) is 109 Å². The lowest BCUT2D eigenvalue weighted by atomic mass is 10.0. The number of esters is 3. The highest BCUT2D eigenvalue weighted by atomic mass is 16.6. The van der Waals surface area contributed by atoms with Gasteiger partial charge in [-0.15, -0.1) is 0 Å². The first-order chi connectivity index (χ1) is 37.0. The minimum absolute atomic E-state index is 0.0805. The number of carbonyl (C=O) groups is 3. The highest BCUT2D eigenvalue weighted by Gasteiger charge is 2.19. The van der Waals surface area contributed by atoms with E-state index in [9.17, 15) is 14.4 Å². The Labute approximate surface area is 463 Å². The molecule has 0 amide bonds. The van der Waals surface area contributed by atoms with Gasteiger partial charge >= 0.3 is 17.9 Å². The van der Waals surface area contributed by atoms with E-state index in [1.165, 1.54) is 128 Å². The van der Waals surface area contributed by atoms with Crippen molar-refractivity contribution in [1.82, 2.24) is 0 Å². The zero-order valence-corrected chi connectivity index (χ0v) is 49.0. The minimum Gasteiger partial charge on any atom is -0.462 e. The van der Waals surface area contributed by atoms with Gasteiger partial charge in [0.05, 0.1) is 0 Å². The summed E-state index contributed by atoms with van der Waals surface area (Å²) < 4.78 is 16.9. The Bertz CT molecular complexity index is 1520. The molecule has 0 bridgehead atoms. The van der Waals surface area contributed by atoms with E-state index in [0.717, 1.165) is 122 Å². The molecule has 1 unspecified atom stereocenters. The van der Waals surface area contributed by atoms with E-state index in [4.69, 9.17) is 14.2 Å². The molecule has 428 valence electrons. The van der Waals surface area contributed by atoms with Crippen LogP contribution in [-0.4, -0.2) is 37.2 Å². The van der Waals surface area contributed by atoms with Crippen molar-refractivity contribution in [3.05, 3.63) is 109 Å². The van der Waals surface area contributed by atoms with Gasteiger partial charge in [0.2, 0.25) is 0 Å². The van der Waals surface area contributed by atoms with Crippen molar-refractivity contribution < 1.29 is 28.6 Å². The molecule has 6 nitrogen and oxygen atoms in total. The molecule has 6 heteroatoms. The van der Waals surface area contributed by atoms with Crippen LogP contribution in [0.4, 0.5) is 0 Å². The first kappa shape index (κ1) is 71.1. The molecule has 0 aromatic carbocycles. The second-order valence-corrected chi connectivity index (χ2v) is 20.6. The van der Waals surface area contributed by atoms with Crippen LogP contribution in [0, 0.1) is 0 Å². The van der Waals surface area contributed by atoms with Crippen molar-refractivity contribution in [2.24, 2.45) is 0 Å². The zero-order valence-electron chi connectivity index (χ0n) is 49.0. The number of unbranched alkanes of at least 4 members (excludes halogenated alkanes) is 27. The summed E-state index contributed by atoms with van der Waals surface area (Å²) in [5.41, 5.74) is 0. The van der Waals surface area contributed by atoms with Gasteiger partial charge in [-0.3, -0.25) is 14.4 Å². The molecule has 0 heterocycles. The van der Waals surface area contributed by atoms with E-state index in [0.29, 0.717) is 19.3 Å². The van der Waals surface area contributed by atoms with E-state index in [2.05, 4.69) is 130 Å². The lowest BCUT2D eigenvalue weighted by molar-refractivity contribution is -0.167. The van der Waals surface area contributed by atoms with Gasteiger partial charge in [-0.1, -0.05) is 278 Å². The molecule has 0 rings (SSSR count). The first-order valence-corrected chi connectivity index (χ1v) is 31.4. The molecule has 0 aliphatic heterocycles. The normalized spacial score (nSPS) is 12.8. The van der Waals surface area contributed by atoms with Gasteiger partial charge in [-0.25, -0.2) is 0 Å². The molecule has 0 fully saturated rings. The van der Waals surface area contributed by atoms with Crippen molar-refractivity contribution >= 4 is 17.9 Å². The van der Waals surface area contributed by atoms with Crippen molar-refractivity contribution in [3.63, 3.8) is 0 Å². The third-order valence-electron chi connectivity index (χ3n) is 13.3. The lowest BCUT2D eigenvalue weighted by Gasteiger charge is -2.18. The Morgan fingerprint density at radius 1 is 0.280 bits per heavy atom. The Hall–Kier alpha value is -3.93. The molecular formula is C69H116O6. The molecule has 1 atom stereocenters. The molecule has 0 saturated carbocycles. The number of carbonyl (C=O) groups excluding carboxylic acids is 3. The van der Waals surface area contributed by atoms with Gasteiger partial charge in [0, 0.05) is 19.3 Å². The summed E-state index contributed by atoms with van der Waals surface area (Å²) in [4.78, 5) is 38.1. The fourth-order valence-corrected chi connectivity index (χ4v) is 8.64. The molecule has 0 N–H and O–H groups in total. The molecule has 0 aromatic heterocycles. The summed E-state index contributed by atoms with van der Waals surface area (Å²) in [5, 5.41) is 0. The van der Waals surface area contributed by atoms with Crippen LogP contribution < -0.4 is 0 Å². The van der Waals surface area contributed by atoms with Gasteiger partial charge in [-0.05, 0) is 103 Å². The SMILES string of the molecule is CC/C=C\C/C=C\C/C=C\C/C=C\C/C=C\C/C=C\CCCCCCCCCCCCCCC(=O)OCC(COC(=O)CCCCCCCCCCC)OC(=O)CCCCCCCCC/C=C\C/C=C\C/C=C\CC. The minimum atomic E-state index is -0.783. The average Bonchev–Trinajstić information content (AvgIpc) is 3.41. The van der Waals surface area contributed by atoms with Crippen molar-refractivity contribution in [2.75, 3.05) is 13.2 Å². The van der Waals surface area contributed by atoms with Crippen LogP contribution in [0.1, 0.15) is 290 Å².